The maximum absolute atomic E-state index is 12.7. The van der Waals surface area contributed by atoms with Crippen LogP contribution in [0.15, 0.2) is 54.6 Å². The number of ether oxygens (including phenoxy) is 2. The maximum Gasteiger partial charge on any atom is 0.309 e. The predicted octanol–water partition coefficient (Wildman–Crippen LogP) is 4.84. The van der Waals surface area contributed by atoms with Crippen LogP contribution in [0.4, 0.5) is 0 Å². The van der Waals surface area contributed by atoms with Crippen molar-refractivity contribution in [1.29, 1.82) is 0 Å². The van der Waals surface area contributed by atoms with Crippen molar-refractivity contribution in [2.75, 3.05) is 6.61 Å². The summed E-state index contributed by atoms with van der Waals surface area (Å²) in [5.74, 6) is -2.17. The van der Waals surface area contributed by atoms with E-state index in [0.717, 1.165) is 11.1 Å². The van der Waals surface area contributed by atoms with Gasteiger partial charge in [-0.1, -0.05) is 54.6 Å². The van der Waals surface area contributed by atoms with Gasteiger partial charge in [-0.3, -0.25) is 14.4 Å². The highest BCUT2D eigenvalue weighted by Crippen LogP contribution is 2.22. The molecule has 0 amide bonds. The van der Waals surface area contributed by atoms with Crippen molar-refractivity contribution in [3.8, 4) is 11.1 Å². The van der Waals surface area contributed by atoms with Crippen molar-refractivity contribution in [3.05, 3.63) is 60.2 Å². The van der Waals surface area contributed by atoms with Gasteiger partial charge in [-0.2, -0.15) is 0 Å². The van der Waals surface area contributed by atoms with Crippen LogP contribution in [0.2, 0.25) is 0 Å². The molecule has 5 nitrogen and oxygen atoms in total. The van der Waals surface area contributed by atoms with Crippen molar-refractivity contribution < 1.29 is 23.9 Å². The average molecular weight is 396 g/mol. The molecule has 0 saturated carbocycles. The maximum atomic E-state index is 12.7. The lowest BCUT2D eigenvalue weighted by atomic mass is 9.94. The Balaban J connectivity index is 2.10. The summed E-state index contributed by atoms with van der Waals surface area (Å²) in [6.45, 7) is 7.13. The molecule has 0 N–H and O–H groups in total. The average Bonchev–Trinajstić information content (AvgIpc) is 2.67. The predicted molar refractivity (Wildman–Crippen MR) is 111 cm³/mol. The quantitative estimate of drug-likeness (QED) is 0.472. The Morgan fingerprint density at radius 3 is 2.00 bits per heavy atom. The Morgan fingerprint density at radius 1 is 0.862 bits per heavy atom. The molecule has 154 valence electrons. The smallest absolute Gasteiger partial charge is 0.309 e. The van der Waals surface area contributed by atoms with E-state index in [9.17, 15) is 14.4 Å². The third-order valence-corrected chi connectivity index (χ3v) is 4.20. The van der Waals surface area contributed by atoms with Crippen molar-refractivity contribution >= 4 is 17.7 Å². The highest BCUT2D eigenvalue weighted by Gasteiger charge is 2.29. The number of ketones is 1. The van der Waals surface area contributed by atoms with Gasteiger partial charge in [-0.15, -0.1) is 0 Å². The number of benzene rings is 2. The SMILES string of the molecule is CCOC(=O)C(CC(=O)OC(C)(C)C)CC(=O)c1ccc(-c2ccccc2)cc1. The van der Waals surface area contributed by atoms with E-state index in [1.807, 2.05) is 42.5 Å². The van der Waals surface area contributed by atoms with Crippen LogP contribution in [0, 0.1) is 5.92 Å². The molecule has 2 aromatic rings. The number of hydrogen-bond acceptors (Lipinski definition) is 5. The van der Waals surface area contributed by atoms with Gasteiger partial charge in [-0.25, -0.2) is 0 Å². The number of Topliss-reactive ketones (excluding diaryl/α,β-unsaturated/α-hetero) is 1. The Hall–Kier alpha value is -2.95. The van der Waals surface area contributed by atoms with Crippen LogP contribution in [0.1, 0.15) is 50.9 Å². The Kier molecular flexibility index (Phi) is 7.71. The first-order valence-corrected chi connectivity index (χ1v) is 9.76. The standard InChI is InChI=1S/C24H28O5/c1-5-28-23(27)20(16-22(26)29-24(2,3)4)15-21(25)19-13-11-18(12-14-19)17-9-7-6-8-10-17/h6-14,20H,5,15-16H2,1-4H3. The molecule has 0 aliphatic carbocycles. The second kappa shape index (κ2) is 10.0. The van der Waals surface area contributed by atoms with Crippen LogP contribution in [0.3, 0.4) is 0 Å². The van der Waals surface area contributed by atoms with Gasteiger partial charge in [0.05, 0.1) is 18.9 Å². The van der Waals surface area contributed by atoms with Crippen molar-refractivity contribution in [3.63, 3.8) is 0 Å². The lowest BCUT2D eigenvalue weighted by Crippen LogP contribution is -2.29. The van der Waals surface area contributed by atoms with Gasteiger partial charge in [0.1, 0.15) is 5.60 Å². The van der Waals surface area contributed by atoms with Gasteiger partial charge in [0, 0.05) is 12.0 Å². The molecular weight excluding hydrogens is 368 g/mol. The monoisotopic (exact) mass is 396 g/mol. The minimum Gasteiger partial charge on any atom is -0.466 e. The van der Waals surface area contributed by atoms with E-state index < -0.39 is 23.5 Å². The molecule has 1 unspecified atom stereocenters. The summed E-state index contributed by atoms with van der Waals surface area (Å²) in [5, 5.41) is 0. The molecule has 0 saturated heterocycles. The molecular formula is C24H28O5. The number of rotatable bonds is 8. The summed E-state index contributed by atoms with van der Waals surface area (Å²) in [6, 6.07) is 17.1. The summed E-state index contributed by atoms with van der Waals surface area (Å²) in [4.78, 5) is 37.1. The van der Waals surface area contributed by atoms with Crippen LogP contribution in [-0.2, 0) is 19.1 Å². The van der Waals surface area contributed by atoms with Crippen molar-refractivity contribution in [2.24, 2.45) is 5.92 Å². The molecule has 0 aliphatic rings. The van der Waals surface area contributed by atoms with E-state index in [4.69, 9.17) is 9.47 Å². The zero-order chi connectivity index (χ0) is 21.4. The van der Waals surface area contributed by atoms with Crippen LogP contribution in [0.5, 0.6) is 0 Å². The molecule has 0 aliphatic heterocycles. The normalized spacial score (nSPS) is 12.1. The van der Waals surface area contributed by atoms with Gasteiger partial charge in [0.15, 0.2) is 5.78 Å². The number of hydrogen-bond donors (Lipinski definition) is 0. The topological polar surface area (TPSA) is 69.7 Å². The van der Waals surface area contributed by atoms with E-state index in [2.05, 4.69) is 0 Å². The largest absolute Gasteiger partial charge is 0.466 e. The lowest BCUT2D eigenvalue weighted by Gasteiger charge is -2.21. The van der Waals surface area contributed by atoms with Crippen LogP contribution in [-0.4, -0.2) is 29.9 Å². The number of esters is 2. The van der Waals surface area contributed by atoms with Gasteiger partial charge in [-0.05, 0) is 38.8 Å². The first-order valence-electron chi connectivity index (χ1n) is 9.76. The van der Waals surface area contributed by atoms with Crippen molar-refractivity contribution in [2.45, 2.75) is 46.1 Å². The summed E-state index contributed by atoms with van der Waals surface area (Å²) in [5.41, 5.74) is 1.88. The van der Waals surface area contributed by atoms with Crippen LogP contribution < -0.4 is 0 Å². The fraction of sp³-hybridized carbons (Fsp3) is 0.375. The molecule has 0 radical (unpaired) electrons. The molecule has 0 heterocycles. The molecule has 0 spiro atoms. The third kappa shape index (κ3) is 7.18. The van der Waals surface area contributed by atoms with E-state index in [-0.39, 0.29) is 25.2 Å². The van der Waals surface area contributed by atoms with E-state index in [1.54, 1.807) is 39.8 Å². The summed E-state index contributed by atoms with van der Waals surface area (Å²) in [6.07, 6.45) is -0.299. The number of carbonyl (C=O) groups is 3. The summed E-state index contributed by atoms with van der Waals surface area (Å²) < 4.78 is 10.3. The Morgan fingerprint density at radius 2 is 1.45 bits per heavy atom. The van der Waals surface area contributed by atoms with Gasteiger partial charge < -0.3 is 9.47 Å². The van der Waals surface area contributed by atoms with Gasteiger partial charge >= 0.3 is 11.9 Å². The summed E-state index contributed by atoms with van der Waals surface area (Å²) >= 11 is 0. The summed E-state index contributed by atoms with van der Waals surface area (Å²) in [7, 11) is 0. The second-order valence-corrected chi connectivity index (χ2v) is 7.81. The van der Waals surface area contributed by atoms with E-state index >= 15 is 0 Å². The van der Waals surface area contributed by atoms with Gasteiger partial charge in [0.2, 0.25) is 0 Å². The molecule has 0 bridgehead atoms. The number of carbonyl (C=O) groups excluding carboxylic acids is 3. The molecule has 29 heavy (non-hydrogen) atoms. The highest BCUT2D eigenvalue weighted by atomic mass is 16.6. The Bertz CT molecular complexity index is 832. The molecule has 0 fully saturated rings. The minimum atomic E-state index is -0.869. The van der Waals surface area contributed by atoms with Crippen LogP contribution in [0.25, 0.3) is 11.1 Å². The molecule has 2 rings (SSSR count). The lowest BCUT2D eigenvalue weighted by molar-refractivity contribution is -0.161. The highest BCUT2D eigenvalue weighted by molar-refractivity contribution is 5.99. The van der Waals surface area contributed by atoms with E-state index in [1.165, 1.54) is 0 Å². The van der Waals surface area contributed by atoms with E-state index in [0.29, 0.717) is 5.56 Å². The van der Waals surface area contributed by atoms with Crippen LogP contribution >= 0.6 is 0 Å². The van der Waals surface area contributed by atoms with Crippen molar-refractivity contribution in [1.82, 2.24) is 0 Å². The Labute approximate surface area is 172 Å². The minimum absolute atomic E-state index is 0.108. The molecule has 0 aromatic heterocycles. The zero-order valence-corrected chi connectivity index (χ0v) is 17.4. The first-order chi connectivity index (χ1) is 13.7. The zero-order valence-electron chi connectivity index (χ0n) is 17.4. The molecule has 1 atom stereocenters. The molecule has 5 heteroatoms. The third-order valence-electron chi connectivity index (χ3n) is 4.20. The van der Waals surface area contributed by atoms with Gasteiger partial charge in [0.25, 0.3) is 0 Å². The second-order valence-electron chi connectivity index (χ2n) is 7.81. The first kappa shape index (κ1) is 22.3. The fourth-order valence-corrected chi connectivity index (χ4v) is 2.90. The fourth-order valence-electron chi connectivity index (χ4n) is 2.90. The molecule has 2 aromatic carbocycles.